The molecule has 1 fully saturated rings. The fourth-order valence-corrected chi connectivity index (χ4v) is 5.23. The fourth-order valence-electron chi connectivity index (χ4n) is 1.71. The predicted molar refractivity (Wildman–Crippen MR) is 75.3 cm³/mol. The van der Waals surface area contributed by atoms with Crippen LogP contribution in [-0.2, 0) is 9.84 Å². The molecule has 1 aliphatic rings. The second kappa shape index (κ2) is 4.55. The van der Waals surface area contributed by atoms with Crippen molar-refractivity contribution in [2.24, 2.45) is 0 Å². The summed E-state index contributed by atoms with van der Waals surface area (Å²) in [4.78, 5) is 2.42. The molecular formula is C10H11BrINO2S. The minimum Gasteiger partial charge on any atom is -0.304 e. The van der Waals surface area contributed by atoms with Crippen LogP contribution in [0.15, 0.2) is 27.6 Å². The van der Waals surface area contributed by atoms with Gasteiger partial charge in [-0.15, -0.1) is 0 Å². The Bertz CT molecular complexity index is 512. The van der Waals surface area contributed by atoms with Crippen LogP contribution in [0.25, 0.3) is 0 Å². The third kappa shape index (κ3) is 2.30. The predicted octanol–water partition coefficient (Wildman–Crippen LogP) is 2.14. The van der Waals surface area contributed by atoms with Crippen LogP contribution in [0.1, 0.15) is 0 Å². The number of benzene rings is 1. The van der Waals surface area contributed by atoms with E-state index in [0.29, 0.717) is 22.5 Å². The lowest BCUT2D eigenvalue weighted by molar-refractivity contribution is 0.232. The van der Waals surface area contributed by atoms with Gasteiger partial charge in [0.2, 0.25) is 0 Å². The first kappa shape index (κ1) is 12.8. The van der Waals surface area contributed by atoms with E-state index in [0.717, 1.165) is 3.57 Å². The smallest absolute Gasteiger partial charge is 0.184 e. The van der Waals surface area contributed by atoms with Gasteiger partial charge in [0.1, 0.15) is 0 Å². The molecule has 6 heteroatoms. The van der Waals surface area contributed by atoms with Gasteiger partial charge in [-0.1, -0.05) is 0 Å². The fraction of sp³-hybridized carbons (Fsp3) is 0.400. The van der Waals surface area contributed by atoms with E-state index >= 15 is 0 Å². The Morgan fingerprint density at radius 1 is 1.44 bits per heavy atom. The Balaban J connectivity index is 2.40. The van der Waals surface area contributed by atoms with Crippen LogP contribution in [0, 0.1) is 3.57 Å². The van der Waals surface area contributed by atoms with Gasteiger partial charge in [-0.3, -0.25) is 0 Å². The summed E-state index contributed by atoms with van der Waals surface area (Å²) in [5, 5.41) is -0.257. The van der Waals surface area contributed by atoms with E-state index in [4.69, 9.17) is 0 Å². The van der Waals surface area contributed by atoms with Crippen LogP contribution in [-0.4, -0.2) is 38.7 Å². The van der Waals surface area contributed by atoms with Crippen molar-refractivity contribution in [3.8, 4) is 0 Å². The van der Waals surface area contributed by atoms with E-state index < -0.39 is 9.84 Å². The minimum absolute atomic E-state index is 0.257. The van der Waals surface area contributed by atoms with Crippen LogP contribution in [0.4, 0.5) is 0 Å². The zero-order chi connectivity index (χ0) is 11.9. The molecule has 0 N–H and O–H groups in total. The molecule has 0 saturated carbocycles. The molecule has 0 amide bonds. The van der Waals surface area contributed by atoms with Gasteiger partial charge >= 0.3 is 0 Å². The van der Waals surface area contributed by atoms with Gasteiger partial charge < -0.3 is 4.90 Å². The third-order valence-corrected chi connectivity index (χ3v) is 6.42. The molecular weight excluding hydrogens is 405 g/mol. The highest BCUT2D eigenvalue weighted by molar-refractivity contribution is 14.1. The quantitative estimate of drug-likeness (QED) is 0.694. The summed E-state index contributed by atoms with van der Waals surface area (Å²) in [5.41, 5.74) is 0. The monoisotopic (exact) mass is 415 g/mol. The normalized spacial score (nSPS) is 18.4. The van der Waals surface area contributed by atoms with Gasteiger partial charge in [0, 0.05) is 21.1 Å². The first-order chi connectivity index (χ1) is 7.41. The van der Waals surface area contributed by atoms with Crippen molar-refractivity contribution in [3.05, 3.63) is 26.2 Å². The van der Waals surface area contributed by atoms with Crippen LogP contribution in [0.5, 0.6) is 0 Å². The molecule has 0 atom stereocenters. The molecule has 1 heterocycles. The topological polar surface area (TPSA) is 37.4 Å². The van der Waals surface area contributed by atoms with Crippen molar-refractivity contribution in [3.63, 3.8) is 0 Å². The number of nitrogens with zero attached hydrogens (tertiary/aromatic N) is 1. The van der Waals surface area contributed by atoms with Gasteiger partial charge in [-0.25, -0.2) is 8.42 Å². The van der Waals surface area contributed by atoms with Crippen molar-refractivity contribution >= 4 is 48.4 Å². The summed E-state index contributed by atoms with van der Waals surface area (Å²) in [6.07, 6.45) is 0. The average Bonchev–Trinajstić information content (AvgIpc) is 2.16. The molecule has 1 saturated heterocycles. The van der Waals surface area contributed by atoms with E-state index in [1.807, 2.05) is 18.0 Å². The van der Waals surface area contributed by atoms with Gasteiger partial charge in [0.25, 0.3) is 0 Å². The van der Waals surface area contributed by atoms with Crippen LogP contribution >= 0.6 is 38.5 Å². The van der Waals surface area contributed by atoms with Crippen LogP contribution in [0.3, 0.4) is 0 Å². The Kier molecular flexibility index (Phi) is 3.63. The average molecular weight is 416 g/mol. The third-order valence-electron chi connectivity index (χ3n) is 2.67. The second-order valence-corrected chi connectivity index (χ2v) is 8.26. The molecule has 0 radical (unpaired) electrons. The Morgan fingerprint density at radius 3 is 2.62 bits per heavy atom. The minimum atomic E-state index is -3.18. The summed E-state index contributed by atoms with van der Waals surface area (Å²) in [6.45, 7) is 1.25. The lowest BCUT2D eigenvalue weighted by Gasteiger charge is -2.35. The Morgan fingerprint density at radius 2 is 2.06 bits per heavy atom. The first-order valence-corrected chi connectivity index (χ1v) is 8.20. The number of halogens is 2. The van der Waals surface area contributed by atoms with Crippen molar-refractivity contribution in [2.75, 3.05) is 20.1 Å². The Hall–Kier alpha value is 0.340. The van der Waals surface area contributed by atoms with E-state index in [2.05, 4.69) is 38.5 Å². The summed E-state index contributed by atoms with van der Waals surface area (Å²) < 4.78 is 26.1. The number of hydrogen-bond donors (Lipinski definition) is 0. The number of sulfone groups is 1. The number of rotatable bonds is 2. The lowest BCUT2D eigenvalue weighted by Crippen LogP contribution is -2.52. The molecule has 2 rings (SSSR count). The maximum absolute atomic E-state index is 12.3. The van der Waals surface area contributed by atoms with Crippen molar-refractivity contribution < 1.29 is 8.42 Å². The van der Waals surface area contributed by atoms with E-state index in [1.165, 1.54) is 0 Å². The SMILES string of the molecule is CN1CC(S(=O)(=O)c2cc(I)ccc2Br)C1. The zero-order valence-electron chi connectivity index (χ0n) is 8.65. The van der Waals surface area contributed by atoms with E-state index in [9.17, 15) is 8.42 Å². The summed E-state index contributed by atoms with van der Waals surface area (Å²) >= 11 is 5.43. The second-order valence-electron chi connectivity index (χ2n) is 3.96. The molecule has 1 aliphatic heterocycles. The van der Waals surface area contributed by atoms with Crippen molar-refractivity contribution in [2.45, 2.75) is 10.1 Å². The summed E-state index contributed by atoms with van der Waals surface area (Å²) in [7, 11) is -1.26. The molecule has 0 bridgehead atoms. The van der Waals surface area contributed by atoms with Gasteiger partial charge in [-0.05, 0) is 63.8 Å². The van der Waals surface area contributed by atoms with Crippen molar-refractivity contribution in [1.82, 2.24) is 4.90 Å². The maximum atomic E-state index is 12.3. The lowest BCUT2D eigenvalue weighted by atomic mass is 10.2. The maximum Gasteiger partial charge on any atom is 0.184 e. The van der Waals surface area contributed by atoms with Gasteiger partial charge in [-0.2, -0.15) is 0 Å². The molecule has 88 valence electrons. The van der Waals surface area contributed by atoms with E-state index in [1.54, 1.807) is 12.1 Å². The zero-order valence-corrected chi connectivity index (χ0v) is 13.2. The van der Waals surface area contributed by atoms with E-state index in [-0.39, 0.29) is 5.25 Å². The molecule has 0 unspecified atom stereocenters. The number of hydrogen-bond acceptors (Lipinski definition) is 3. The molecule has 0 aliphatic carbocycles. The van der Waals surface area contributed by atoms with Crippen LogP contribution < -0.4 is 0 Å². The Labute approximate surface area is 117 Å². The first-order valence-electron chi connectivity index (χ1n) is 4.79. The molecule has 16 heavy (non-hydrogen) atoms. The summed E-state index contributed by atoms with van der Waals surface area (Å²) in [5.74, 6) is 0. The molecule has 0 aromatic heterocycles. The van der Waals surface area contributed by atoms with Gasteiger partial charge in [0.15, 0.2) is 9.84 Å². The molecule has 0 spiro atoms. The standard InChI is InChI=1S/C10H11BrINO2S/c1-13-5-8(6-13)16(14,15)10-4-7(12)2-3-9(10)11/h2-4,8H,5-6H2,1H3. The largest absolute Gasteiger partial charge is 0.304 e. The highest BCUT2D eigenvalue weighted by Gasteiger charge is 2.37. The molecule has 1 aromatic rings. The van der Waals surface area contributed by atoms with Crippen molar-refractivity contribution in [1.29, 1.82) is 0 Å². The molecule has 1 aromatic carbocycles. The number of likely N-dealkylation sites (tertiary alicyclic amines) is 1. The summed E-state index contributed by atoms with van der Waals surface area (Å²) in [6, 6.07) is 5.39. The van der Waals surface area contributed by atoms with Gasteiger partial charge in [0.05, 0.1) is 10.1 Å². The highest BCUT2D eigenvalue weighted by Crippen LogP contribution is 2.29. The highest BCUT2D eigenvalue weighted by atomic mass is 127. The van der Waals surface area contributed by atoms with Crippen LogP contribution in [0.2, 0.25) is 0 Å². The molecule has 3 nitrogen and oxygen atoms in total.